The van der Waals surface area contributed by atoms with E-state index in [1.807, 2.05) is 60.0 Å². The van der Waals surface area contributed by atoms with Crippen LogP contribution in [0, 0.1) is 0 Å². The number of nitrogens with zero attached hydrogens (tertiary/aromatic N) is 5. The molecule has 0 saturated carbocycles. The van der Waals surface area contributed by atoms with Crippen molar-refractivity contribution in [1.82, 2.24) is 19.7 Å². The molecule has 0 aliphatic heterocycles. The van der Waals surface area contributed by atoms with Crippen LogP contribution in [0.15, 0.2) is 82.2 Å². The van der Waals surface area contributed by atoms with Gasteiger partial charge in [-0.1, -0.05) is 58.4 Å². The summed E-state index contributed by atoms with van der Waals surface area (Å²) in [5.74, 6) is 0. The lowest BCUT2D eigenvalue weighted by Crippen LogP contribution is -2.14. The molecule has 2 aromatic heterocycles. The van der Waals surface area contributed by atoms with Gasteiger partial charge in [-0.2, -0.15) is 10.2 Å². The Kier molecular flexibility index (Phi) is 5.36. The average molecular weight is 439 g/mol. The summed E-state index contributed by atoms with van der Waals surface area (Å²) in [7, 11) is 0. The van der Waals surface area contributed by atoms with Gasteiger partial charge in [-0.05, 0) is 17.7 Å². The molecule has 0 bridgehead atoms. The van der Waals surface area contributed by atoms with Crippen molar-refractivity contribution in [1.29, 1.82) is 0 Å². The molecule has 0 saturated heterocycles. The molecular formula is C19H15BrN6S. The van der Waals surface area contributed by atoms with Crippen LogP contribution in [0.2, 0.25) is 0 Å². The van der Waals surface area contributed by atoms with Crippen molar-refractivity contribution in [2.75, 3.05) is 5.43 Å². The van der Waals surface area contributed by atoms with Gasteiger partial charge in [0.2, 0.25) is 5.13 Å². The van der Waals surface area contributed by atoms with Crippen LogP contribution in [0.1, 0.15) is 5.56 Å². The van der Waals surface area contributed by atoms with E-state index in [1.165, 1.54) is 17.7 Å². The third-order valence-electron chi connectivity index (χ3n) is 3.82. The van der Waals surface area contributed by atoms with E-state index in [0.29, 0.717) is 6.54 Å². The second-order valence-corrected chi connectivity index (χ2v) is 7.45. The summed E-state index contributed by atoms with van der Waals surface area (Å²) in [5, 5.41) is 11.5. The summed E-state index contributed by atoms with van der Waals surface area (Å²) in [6.07, 6.45) is 3.19. The van der Waals surface area contributed by atoms with Gasteiger partial charge in [0.1, 0.15) is 12.7 Å². The second kappa shape index (κ2) is 8.24. The molecule has 2 heterocycles. The zero-order valence-corrected chi connectivity index (χ0v) is 16.6. The molecule has 0 atom stereocenters. The fraction of sp³-hybridized carbons (Fsp3) is 0.0526. The van der Waals surface area contributed by atoms with Crippen LogP contribution >= 0.6 is 27.3 Å². The van der Waals surface area contributed by atoms with Gasteiger partial charge in [0.25, 0.3) is 0 Å². The van der Waals surface area contributed by atoms with Crippen molar-refractivity contribution in [3.63, 3.8) is 0 Å². The maximum Gasteiger partial charge on any atom is 0.203 e. The Balaban J connectivity index is 1.55. The predicted octanol–water partition coefficient (Wildman–Crippen LogP) is 4.68. The number of hydrogen-bond donors (Lipinski definition) is 1. The molecule has 0 fully saturated rings. The van der Waals surface area contributed by atoms with Crippen LogP contribution < -0.4 is 5.43 Å². The summed E-state index contributed by atoms with van der Waals surface area (Å²) in [4.78, 5) is 8.62. The molecule has 0 radical (unpaired) electrons. The summed E-state index contributed by atoms with van der Waals surface area (Å²) in [5.41, 5.74) is 6.94. The summed E-state index contributed by atoms with van der Waals surface area (Å²) < 4.78 is 2.79. The fourth-order valence-electron chi connectivity index (χ4n) is 2.48. The van der Waals surface area contributed by atoms with E-state index >= 15 is 0 Å². The van der Waals surface area contributed by atoms with E-state index in [4.69, 9.17) is 0 Å². The number of anilines is 1. The van der Waals surface area contributed by atoms with Crippen molar-refractivity contribution in [3.8, 4) is 11.3 Å². The quantitative estimate of drug-likeness (QED) is 0.350. The largest absolute Gasteiger partial charge is 0.252 e. The highest BCUT2D eigenvalue weighted by Gasteiger charge is 2.08. The average Bonchev–Trinajstić information content (AvgIpc) is 3.38. The van der Waals surface area contributed by atoms with Crippen molar-refractivity contribution in [2.24, 2.45) is 5.10 Å². The molecule has 6 nitrogen and oxygen atoms in total. The van der Waals surface area contributed by atoms with Gasteiger partial charge >= 0.3 is 0 Å². The maximum atomic E-state index is 4.62. The zero-order valence-electron chi connectivity index (χ0n) is 14.2. The Hall–Kier alpha value is -2.84. The van der Waals surface area contributed by atoms with Gasteiger partial charge in [0, 0.05) is 15.4 Å². The maximum absolute atomic E-state index is 4.62. The molecule has 0 aliphatic carbocycles. The number of hydrogen-bond acceptors (Lipinski definition) is 6. The summed E-state index contributed by atoms with van der Waals surface area (Å²) in [6.45, 7) is 0.516. The third-order valence-corrected chi connectivity index (χ3v) is 5.09. The van der Waals surface area contributed by atoms with E-state index in [-0.39, 0.29) is 0 Å². The zero-order chi connectivity index (χ0) is 18.5. The number of hydrazone groups is 1. The highest BCUT2D eigenvalue weighted by Crippen LogP contribution is 2.26. The number of thiazole rings is 1. The molecule has 134 valence electrons. The fourth-order valence-corrected chi connectivity index (χ4v) is 3.41. The second-order valence-electron chi connectivity index (χ2n) is 5.67. The lowest BCUT2D eigenvalue weighted by Gasteiger charge is -2.07. The minimum absolute atomic E-state index is 0.516. The van der Waals surface area contributed by atoms with E-state index in [9.17, 15) is 0 Å². The number of rotatable bonds is 6. The number of aromatic nitrogens is 4. The van der Waals surface area contributed by atoms with E-state index in [1.54, 1.807) is 11.0 Å². The van der Waals surface area contributed by atoms with Crippen molar-refractivity contribution < 1.29 is 0 Å². The highest BCUT2D eigenvalue weighted by atomic mass is 79.9. The van der Waals surface area contributed by atoms with E-state index in [2.05, 4.69) is 41.5 Å². The van der Waals surface area contributed by atoms with Crippen LogP contribution in [0.4, 0.5) is 5.13 Å². The smallest absolute Gasteiger partial charge is 0.203 e. The first-order chi connectivity index (χ1) is 13.3. The summed E-state index contributed by atoms with van der Waals surface area (Å²) in [6, 6.07) is 18.1. The first-order valence-electron chi connectivity index (χ1n) is 8.20. The molecule has 0 aliphatic rings. The van der Waals surface area contributed by atoms with Crippen LogP contribution in [0.5, 0.6) is 0 Å². The number of halogens is 1. The van der Waals surface area contributed by atoms with Gasteiger partial charge < -0.3 is 0 Å². The van der Waals surface area contributed by atoms with Crippen LogP contribution in [-0.4, -0.2) is 25.5 Å². The van der Waals surface area contributed by atoms with Crippen LogP contribution in [0.25, 0.3) is 11.3 Å². The van der Waals surface area contributed by atoms with E-state index < -0.39 is 0 Å². The first kappa shape index (κ1) is 17.6. The number of nitrogens with one attached hydrogen (secondary N) is 1. The highest BCUT2D eigenvalue weighted by molar-refractivity contribution is 9.10. The minimum atomic E-state index is 0.516. The SMILES string of the molecule is Brc1ccc(-c2csc(N/N=C(/Cn3cncn3)c3ccccc3)n2)cc1. The van der Waals surface area contributed by atoms with E-state index in [0.717, 1.165) is 32.1 Å². The van der Waals surface area contributed by atoms with Crippen LogP contribution in [-0.2, 0) is 6.54 Å². The van der Waals surface area contributed by atoms with Gasteiger partial charge in [-0.25, -0.2) is 14.6 Å². The molecular weight excluding hydrogens is 424 g/mol. The Morgan fingerprint density at radius 2 is 1.93 bits per heavy atom. The van der Waals surface area contributed by atoms with Crippen molar-refractivity contribution in [3.05, 3.63) is 82.7 Å². The molecule has 2 aromatic carbocycles. The topological polar surface area (TPSA) is 68.0 Å². The van der Waals surface area contributed by atoms with Gasteiger partial charge in [0.15, 0.2) is 0 Å². The molecule has 0 spiro atoms. The molecule has 0 amide bonds. The van der Waals surface area contributed by atoms with Gasteiger partial charge in [-0.15, -0.1) is 11.3 Å². The van der Waals surface area contributed by atoms with Crippen molar-refractivity contribution >= 4 is 38.1 Å². The predicted molar refractivity (Wildman–Crippen MR) is 112 cm³/mol. The minimum Gasteiger partial charge on any atom is -0.252 e. The standard InChI is InChI=1S/C19H15BrN6S/c20-16-8-6-15(7-9-16)18-11-27-19(23-18)25-24-17(10-26-13-21-12-22-26)14-4-2-1-3-5-14/h1-9,11-13H,10H2,(H,23,25)/b24-17-. The molecule has 4 aromatic rings. The molecule has 27 heavy (non-hydrogen) atoms. The Morgan fingerprint density at radius 3 is 2.67 bits per heavy atom. The Labute approximate surface area is 168 Å². The molecule has 1 N–H and O–H groups in total. The van der Waals surface area contributed by atoms with Crippen LogP contribution in [0.3, 0.4) is 0 Å². The lowest BCUT2D eigenvalue weighted by atomic mass is 10.1. The Bertz CT molecular complexity index is 1030. The monoisotopic (exact) mass is 438 g/mol. The lowest BCUT2D eigenvalue weighted by molar-refractivity contribution is 0.721. The molecule has 8 heteroatoms. The molecule has 4 rings (SSSR count). The normalized spacial score (nSPS) is 11.5. The van der Waals surface area contributed by atoms with Crippen molar-refractivity contribution in [2.45, 2.75) is 6.54 Å². The van der Waals surface area contributed by atoms with Gasteiger partial charge in [0.05, 0.1) is 18.0 Å². The van der Waals surface area contributed by atoms with Gasteiger partial charge in [-0.3, -0.25) is 5.43 Å². The summed E-state index contributed by atoms with van der Waals surface area (Å²) >= 11 is 4.97. The number of benzene rings is 2. The molecule has 0 unspecified atom stereocenters. The third kappa shape index (κ3) is 4.47. The first-order valence-corrected chi connectivity index (χ1v) is 9.87. The Morgan fingerprint density at radius 1 is 1.11 bits per heavy atom.